The fraction of sp³-hybridized carbons (Fsp3) is 0.586. The number of anilines is 1. The molecule has 3 atom stereocenters. The zero-order valence-electron chi connectivity index (χ0n) is 23.8. The second-order valence-electron chi connectivity index (χ2n) is 11.2. The Hall–Kier alpha value is -2.89. The molecule has 0 N–H and O–H groups in total. The first-order chi connectivity index (χ1) is 19.9. The minimum Gasteiger partial charge on any atom is -0.376 e. The molecule has 1 aromatic carbocycles. The summed E-state index contributed by atoms with van der Waals surface area (Å²) in [6.45, 7) is 9.80. The van der Waals surface area contributed by atoms with Crippen molar-refractivity contribution in [1.29, 1.82) is 0 Å². The molecule has 0 amide bonds. The van der Waals surface area contributed by atoms with Gasteiger partial charge in [0.15, 0.2) is 11.5 Å². The van der Waals surface area contributed by atoms with Crippen molar-refractivity contribution in [3.8, 4) is 0 Å². The molecule has 5 heterocycles. The topological polar surface area (TPSA) is 76.6 Å². The van der Waals surface area contributed by atoms with Crippen LogP contribution >= 0.6 is 11.6 Å². The molecule has 3 aliphatic rings. The minimum absolute atomic E-state index is 0.0796. The third-order valence-corrected chi connectivity index (χ3v) is 8.77. The molecule has 0 bridgehead atoms. The maximum absolute atomic E-state index is 13.9. The number of rotatable bonds is 6. The molecule has 3 fully saturated rings. The van der Waals surface area contributed by atoms with Gasteiger partial charge in [-0.15, -0.1) is 10.2 Å². The second-order valence-corrected chi connectivity index (χ2v) is 11.6. The van der Waals surface area contributed by atoms with Gasteiger partial charge in [-0.1, -0.05) is 37.6 Å². The maximum atomic E-state index is 13.9. The van der Waals surface area contributed by atoms with Crippen molar-refractivity contribution in [1.82, 2.24) is 34.0 Å². The monoisotopic (exact) mass is 586 g/mol. The van der Waals surface area contributed by atoms with E-state index in [9.17, 15) is 8.78 Å². The summed E-state index contributed by atoms with van der Waals surface area (Å²) in [7, 11) is 0. The van der Waals surface area contributed by atoms with Gasteiger partial charge in [-0.05, 0) is 43.4 Å². The number of halogens is 3. The number of imidazole rings is 1. The van der Waals surface area contributed by atoms with E-state index in [1.807, 2.05) is 48.8 Å². The summed E-state index contributed by atoms with van der Waals surface area (Å²) in [4.78, 5) is 14.3. The van der Waals surface area contributed by atoms with E-state index in [0.717, 1.165) is 48.5 Å². The van der Waals surface area contributed by atoms with Gasteiger partial charge in [-0.3, -0.25) is 4.90 Å². The molecule has 3 unspecified atom stereocenters. The van der Waals surface area contributed by atoms with Crippen LogP contribution in [0.15, 0.2) is 36.9 Å². The van der Waals surface area contributed by atoms with Gasteiger partial charge >= 0.3 is 0 Å². The van der Waals surface area contributed by atoms with E-state index in [1.165, 1.54) is 0 Å². The molecule has 1 saturated carbocycles. The quantitative estimate of drug-likeness (QED) is 0.290. The Balaban J connectivity index is 0.00000148. The van der Waals surface area contributed by atoms with E-state index in [2.05, 4.69) is 31.5 Å². The Labute approximate surface area is 243 Å². The van der Waals surface area contributed by atoms with E-state index in [-0.39, 0.29) is 36.9 Å². The summed E-state index contributed by atoms with van der Waals surface area (Å²) in [5.41, 5.74) is 2.74. The summed E-state index contributed by atoms with van der Waals surface area (Å²) in [5, 5.41) is 9.02. The number of hydrogen-bond donors (Lipinski definition) is 0. The number of aromatic nitrogens is 6. The maximum Gasteiger partial charge on any atom is 0.258 e. The van der Waals surface area contributed by atoms with Crippen molar-refractivity contribution in [2.45, 2.75) is 77.1 Å². The van der Waals surface area contributed by atoms with Crippen molar-refractivity contribution in [2.75, 3.05) is 31.1 Å². The molecule has 2 aliphatic heterocycles. The number of benzene rings is 1. The van der Waals surface area contributed by atoms with Crippen LogP contribution in [0, 0.1) is 5.92 Å². The minimum atomic E-state index is -2.58. The normalized spacial score (nSPS) is 23.9. The largest absolute Gasteiger partial charge is 0.376 e. The fourth-order valence-corrected chi connectivity index (χ4v) is 6.78. The molecule has 3 aromatic heterocycles. The molecule has 4 aromatic rings. The van der Waals surface area contributed by atoms with Crippen LogP contribution in [0.25, 0.3) is 16.9 Å². The highest BCUT2D eigenvalue weighted by molar-refractivity contribution is 6.30. The highest BCUT2D eigenvalue weighted by Gasteiger charge is 2.50. The van der Waals surface area contributed by atoms with Crippen LogP contribution in [0.4, 0.5) is 14.6 Å². The van der Waals surface area contributed by atoms with Gasteiger partial charge in [-0.2, -0.15) is 4.98 Å². The average Bonchev–Trinajstić information content (AvgIpc) is 3.72. The van der Waals surface area contributed by atoms with Crippen LogP contribution in [-0.2, 0) is 11.3 Å². The molecule has 0 spiro atoms. The SMILES string of the molecule is CC.CC1CN(C(c2ccc(Cl)cc2)C2CC(F)(F)C2)CCN1c1nc2nncn2c2c1ncn2CC1CCCO1. The molecule has 2 saturated heterocycles. The van der Waals surface area contributed by atoms with Crippen molar-refractivity contribution in [3.63, 3.8) is 0 Å². The fourth-order valence-electron chi connectivity index (χ4n) is 6.65. The molecule has 0 radical (unpaired) electrons. The Morgan fingerprint density at radius 3 is 2.59 bits per heavy atom. The Morgan fingerprint density at radius 2 is 1.90 bits per heavy atom. The highest BCUT2D eigenvalue weighted by Crippen LogP contribution is 2.50. The van der Waals surface area contributed by atoms with Gasteiger partial charge in [0.2, 0.25) is 5.92 Å². The van der Waals surface area contributed by atoms with Crippen molar-refractivity contribution in [2.24, 2.45) is 5.92 Å². The average molecular weight is 587 g/mol. The lowest BCUT2D eigenvalue weighted by Crippen LogP contribution is -2.56. The third kappa shape index (κ3) is 5.39. The van der Waals surface area contributed by atoms with Crippen molar-refractivity contribution in [3.05, 3.63) is 47.5 Å². The molecule has 7 rings (SSSR count). The molecular formula is C29H37ClF2N8O. The van der Waals surface area contributed by atoms with Crippen LogP contribution in [0.1, 0.15) is 58.1 Å². The molecule has 220 valence electrons. The summed E-state index contributed by atoms with van der Waals surface area (Å²) in [6.07, 6.45) is 5.63. The number of hydrogen-bond acceptors (Lipinski definition) is 7. The standard InChI is InChI=1S/C27H31ClF2N8O.C2H6/c1-17-13-35(23(19-11-27(29,30)12-19)18-4-6-20(28)7-5-18)8-9-37(17)24-22-25(38-16-32-34-26(38)33-24)36(15-31-22)14-21-3-2-10-39-21;1-2/h4-7,15-17,19,21,23H,2-3,8-14H2,1H3;1-2H3. The van der Waals surface area contributed by atoms with Crippen LogP contribution in [0.5, 0.6) is 0 Å². The molecule has 9 nitrogen and oxygen atoms in total. The molecule has 1 aliphatic carbocycles. The van der Waals surface area contributed by atoms with E-state index < -0.39 is 5.92 Å². The molecule has 12 heteroatoms. The van der Waals surface area contributed by atoms with Crippen LogP contribution in [-0.4, -0.2) is 78.3 Å². The van der Waals surface area contributed by atoms with Crippen LogP contribution in [0.2, 0.25) is 5.02 Å². The van der Waals surface area contributed by atoms with E-state index in [0.29, 0.717) is 30.4 Å². The number of fused-ring (bicyclic) bond motifs is 3. The first kappa shape index (κ1) is 28.2. The van der Waals surface area contributed by atoms with E-state index in [1.54, 1.807) is 6.33 Å². The predicted molar refractivity (Wildman–Crippen MR) is 155 cm³/mol. The molecule has 41 heavy (non-hydrogen) atoms. The lowest BCUT2D eigenvalue weighted by Gasteiger charge is -2.49. The summed E-state index contributed by atoms with van der Waals surface area (Å²) < 4.78 is 37.8. The Bertz CT molecular complexity index is 1480. The summed E-state index contributed by atoms with van der Waals surface area (Å²) >= 11 is 6.14. The van der Waals surface area contributed by atoms with Crippen molar-refractivity contribution < 1.29 is 13.5 Å². The van der Waals surface area contributed by atoms with E-state index in [4.69, 9.17) is 26.3 Å². The van der Waals surface area contributed by atoms with Gasteiger partial charge in [0, 0.05) is 56.2 Å². The van der Waals surface area contributed by atoms with Crippen LogP contribution < -0.4 is 4.90 Å². The smallest absolute Gasteiger partial charge is 0.258 e. The van der Waals surface area contributed by atoms with Gasteiger partial charge in [0.05, 0.1) is 19.0 Å². The van der Waals surface area contributed by atoms with Gasteiger partial charge < -0.3 is 14.2 Å². The number of ether oxygens (including phenoxy) is 1. The van der Waals surface area contributed by atoms with Gasteiger partial charge in [0.1, 0.15) is 11.8 Å². The summed E-state index contributed by atoms with van der Waals surface area (Å²) in [6, 6.07) is 7.66. The Kier molecular flexibility index (Phi) is 7.86. The second kappa shape index (κ2) is 11.4. The zero-order chi connectivity index (χ0) is 28.7. The van der Waals surface area contributed by atoms with Crippen molar-refractivity contribution >= 4 is 34.4 Å². The lowest BCUT2D eigenvalue weighted by molar-refractivity contribution is -0.133. The van der Waals surface area contributed by atoms with Gasteiger partial charge in [-0.25, -0.2) is 18.2 Å². The number of nitrogens with zero attached hydrogens (tertiary/aromatic N) is 8. The summed E-state index contributed by atoms with van der Waals surface area (Å²) in [5.74, 6) is -1.36. The number of alkyl halides is 2. The molecular weight excluding hydrogens is 550 g/mol. The third-order valence-electron chi connectivity index (χ3n) is 8.51. The predicted octanol–water partition coefficient (Wildman–Crippen LogP) is 5.63. The first-order valence-corrected chi connectivity index (χ1v) is 15.0. The first-order valence-electron chi connectivity index (χ1n) is 14.7. The van der Waals surface area contributed by atoms with E-state index >= 15 is 0 Å². The zero-order valence-corrected chi connectivity index (χ0v) is 24.5. The Morgan fingerprint density at radius 1 is 1.12 bits per heavy atom. The van der Waals surface area contributed by atoms with Gasteiger partial charge in [0.25, 0.3) is 5.78 Å². The highest BCUT2D eigenvalue weighted by atomic mass is 35.5. The van der Waals surface area contributed by atoms with Crippen LogP contribution in [0.3, 0.4) is 0 Å². The number of piperazine rings is 1. The lowest BCUT2D eigenvalue weighted by atomic mass is 9.73.